The largest absolute Gasteiger partial charge is 0.354 e. The standard InChI is InChI=1S/C25H32Cl2N2O2S/c1-4-23(25(31)28-15-18(2)3)29(16-20-10-11-21(26)14-22(20)27)24(30)12-13-32-17-19-8-6-5-7-9-19/h5-11,14,18,23H,4,12-13,15-17H2,1-3H3,(H,28,31)/t23-/m1/s1. The lowest BCUT2D eigenvalue weighted by atomic mass is 10.1. The molecule has 32 heavy (non-hydrogen) atoms. The van der Waals surface area contributed by atoms with Crippen molar-refractivity contribution in [1.82, 2.24) is 10.2 Å². The Balaban J connectivity index is 2.10. The second-order valence-electron chi connectivity index (χ2n) is 8.11. The van der Waals surface area contributed by atoms with Crippen LogP contribution in [0.1, 0.15) is 44.7 Å². The van der Waals surface area contributed by atoms with E-state index in [-0.39, 0.29) is 18.4 Å². The van der Waals surface area contributed by atoms with E-state index in [0.29, 0.717) is 41.1 Å². The molecule has 4 nitrogen and oxygen atoms in total. The number of amides is 2. The number of benzene rings is 2. The Hall–Kier alpha value is -1.69. The predicted molar refractivity (Wildman–Crippen MR) is 136 cm³/mol. The van der Waals surface area contributed by atoms with E-state index in [0.717, 1.165) is 11.3 Å². The number of nitrogens with one attached hydrogen (secondary N) is 1. The fourth-order valence-corrected chi connectivity index (χ4v) is 4.60. The Labute approximate surface area is 206 Å². The second-order valence-corrected chi connectivity index (χ2v) is 10.1. The van der Waals surface area contributed by atoms with E-state index in [1.165, 1.54) is 5.56 Å². The first-order valence-corrected chi connectivity index (χ1v) is 12.9. The molecule has 0 bridgehead atoms. The molecule has 1 atom stereocenters. The Morgan fingerprint density at radius 1 is 1.09 bits per heavy atom. The molecule has 0 fully saturated rings. The third-order valence-corrected chi connectivity index (χ3v) is 6.62. The van der Waals surface area contributed by atoms with E-state index < -0.39 is 6.04 Å². The second kappa shape index (κ2) is 13.8. The Morgan fingerprint density at radius 3 is 2.44 bits per heavy atom. The van der Waals surface area contributed by atoms with Gasteiger partial charge in [-0.1, -0.05) is 80.4 Å². The molecule has 1 N–H and O–H groups in total. The zero-order valence-corrected chi connectivity index (χ0v) is 21.3. The van der Waals surface area contributed by atoms with Gasteiger partial charge >= 0.3 is 0 Å². The topological polar surface area (TPSA) is 49.4 Å². The third kappa shape index (κ3) is 8.68. The van der Waals surface area contributed by atoms with Gasteiger partial charge in [0.05, 0.1) is 0 Å². The molecule has 0 aromatic heterocycles. The highest BCUT2D eigenvalue weighted by molar-refractivity contribution is 7.98. The van der Waals surface area contributed by atoms with E-state index in [4.69, 9.17) is 23.2 Å². The summed E-state index contributed by atoms with van der Waals surface area (Å²) in [6.07, 6.45) is 0.884. The maximum Gasteiger partial charge on any atom is 0.242 e. The summed E-state index contributed by atoms with van der Waals surface area (Å²) >= 11 is 14.1. The van der Waals surface area contributed by atoms with Crippen molar-refractivity contribution in [2.24, 2.45) is 5.92 Å². The minimum atomic E-state index is -0.549. The Kier molecular flexibility index (Phi) is 11.4. The van der Waals surface area contributed by atoms with Crippen LogP contribution in [-0.2, 0) is 21.9 Å². The van der Waals surface area contributed by atoms with Crippen LogP contribution in [0.2, 0.25) is 10.0 Å². The summed E-state index contributed by atoms with van der Waals surface area (Å²) in [5, 5.41) is 4.00. The number of hydrogen-bond acceptors (Lipinski definition) is 3. The van der Waals surface area contributed by atoms with Crippen molar-refractivity contribution >= 4 is 46.8 Å². The van der Waals surface area contributed by atoms with Gasteiger partial charge in [0.15, 0.2) is 0 Å². The minimum absolute atomic E-state index is 0.0527. The molecule has 0 aliphatic heterocycles. The van der Waals surface area contributed by atoms with E-state index in [2.05, 4.69) is 17.4 Å². The molecule has 0 saturated carbocycles. The lowest BCUT2D eigenvalue weighted by Gasteiger charge is -2.31. The van der Waals surface area contributed by atoms with Gasteiger partial charge < -0.3 is 10.2 Å². The van der Waals surface area contributed by atoms with Crippen LogP contribution in [0.3, 0.4) is 0 Å². The van der Waals surface area contributed by atoms with Crippen LogP contribution in [0.15, 0.2) is 48.5 Å². The molecule has 0 saturated heterocycles. The maximum atomic E-state index is 13.2. The number of carbonyl (C=O) groups is 2. The van der Waals surface area contributed by atoms with Crippen molar-refractivity contribution in [2.75, 3.05) is 12.3 Å². The highest BCUT2D eigenvalue weighted by atomic mass is 35.5. The van der Waals surface area contributed by atoms with Crippen LogP contribution >= 0.6 is 35.0 Å². The average Bonchev–Trinajstić information content (AvgIpc) is 2.77. The molecule has 174 valence electrons. The van der Waals surface area contributed by atoms with Crippen molar-refractivity contribution in [3.63, 3.8) is 0 Å². The first kappa shape index (κ1) is 26.6. The van der Waals surface area contributed by atoms with Crippen molar-refractivity contribution < 1.29 is 9.59 Å². The summed E-state index contributed by atoms with van der Waals surface area (Å²) in [5.74, 6) is 1.69. The maximum absolute atomic E-state index is 13.2. The van der Waals surface area contributed by atoms with Gasteiger partial charge in [-0.3, -0.25) is 9.59 Å². The van der Waals surface area contributed by atoms with E-state index in [9.17, 15) is 9.59 Å². The highest BCUT2D eigenvalue weighted by Gasteiger charge is 2.28. The van der Waals surface area contributed by atoms with E-state index >= 15 is 0 Å². The van der Waals surface area contributed by atoms with Gasteiger partial charge in [-0.2, -0.15) is 11.8 Å². The molecule has 0 aliphatic carbocycles. The van der Waals surface area contributed by atoms with Crippen LogP contribution in [0.25, 0.3) is 0 Å². The summed E-state index contributed by atoms with van der Waals surface area (Å²) in [7, 11) is 0. The average molecular weight is 496 g/mol. The molecule has 0 radical (unpaired) electrons. The summed E-state index contributed by atoms with van der Waals surface area (Å²) in [6, 6.07) is 14.9. The van der Waals surface area contributed by atoms with Crippen LogP contribution in [0.4, 0.5) is 0 Å². The first-order chi connectivity index (χ1) is 15.3. The quantitative estimate of drug-likeness (QED) is 0.357. The number of halogens is 2. The molecule has 0 unspecified atom stereocenters. The Bertz CT molecular complexity index is 878. The number of carbonyl (C=O) groups excluding carboxylic acids is 2. The van der Waals surface area contributed by atoms with Crippen molar-refractivity contribution in [1.29, 1.82) is 0 Å². The third-order valence-electron chi connectivity index (χ3n) is 5.00. The SMILES string of the molecule is CC[C@H](C(=O)NCC(C)C)N(Cc1ccc(Cl)cc1Cl)C(=O)CCSCc1ccccc1. The van der Waals surface area contributed by atoms with Crippen molar-refractivity contribution in [3.8, 4) is 0 Å². The van der Waals surface area contributed by atoms with Crippen molar-refractivity contribution in [2.45, 2.75) is 52.0 Å². The van der Waals surface area contributed by atoms with Crippen LogP contribution in [0.5, 0.6) is 0 Å². The summed E-state index contributed by atoms with van der Waals surface area (Å²) in [4.78, 5) is 27.8. The molecule has 2 aromatic carbocycles. The molecule has 2 amide bonds. The number of hydrogen-bond donors (Lipinski definition) is 1. The monoisotopic (exact) mass is 494 g/mol. The normalized spacial score (nSPS) is 11.9. The molecule has 0 heterocycles. The van der Waals surface area contributed by atoms with Gasteiger partial charge in [0.25, 0.3) is 0 Å². The molecule has 2 rings (SSSR count). The van der Waals surface area contributed by atoms with Gasteiger partial charge in [-0.05, 0) is 35.6 Å². The van der Waals surface area contributed by atoms with Gasteiger partial charge in [0.1, 0.15) is 6.04 Å². The van der Waals surface area contributed by atoms with Crippen LogP contribution in [-0.4, -0.2) is 35.1 Å². The number of rotatable bonds is 12. The summed E-state index contributed by atoms with van der Waals surface area (Å²) in [6.45, 7) is 6.86. The van der Waals surface area contributed by atoms with Gasteiger partial charge in [0, 0.05) is 41.1 Å². The fourth-order valence-electron chi connectivity index (χ4n) is 3.24. The molecule has 2 aromatic rings. The lowest BCUT2D eigenvalue weighted by Crippen LogP contribution is -2.49. The van der Waals surface area contributed by atoms with Crippen LogP contribution < -0.4 is 5.32 Å². The van der Waals surface area contributed by atoms with E-state index in [1.807, 2.05) is 45.0 Å². The highest BCUT2D eigenvalue weighted by Crippen LogP contribution is 2.24. The first-order valence-electron chi connectivity index (χ1n) is 10.9. The van der Waals surface area contributed by atoms with Crippen LogP contribution in [0, 0.1) is 5.92 Å². The zero-order valence-electron chi connectivity index (χ0n) is 18.9. The lowest BCUT2D eigenvalue weighted by molar-refractivity contribution is -0.141. The van der Waals surface area contributed by atoms with Crippen molar-refractivity contribution in [3.05, 3.63) is 69.7 Å². The van der Waals surface area contributed by atoms with Gasteiger partial charge in [0.2, 0.25) is 11.8 Å². The predicted octanol–water partition coefficient (Wildman–Crippen LogP) is 6.20. The van der Waals surface area contributed by atoms with Gasteiger partial charge in [-0.15, -0.1) is 0 Å². The molecular weight excluding hydrogens is 463 g/mol. The van der Waals surface area contributed by atoms with E-state index in [1.54, 1.807) is 28.8 Å². The molecule has 0 aliphatic rings. The van der Waals surface area contributed by atoms with Gasteiger partial charge in [-0.25, -0.2) is 0 Å². The summed E-state index contributed by atoms with van der Waals surface area (Å²) < 4.78 is 0. The molecule has 0 spiro atoms. The number of thioether (sulfide) groups is 1. The smallest absolute Gasteiger partial charge is 0.242 e. The molecular formula is C25H32Cl2N2O2S. The molecule has 7 heteroatoms. The summed E-state index contributed by atoms with van der Waals surface area (Å²) in [5.41, 5.74) is 2.01. The fraction of sp³-hybridized carbons (Fsp3) is 0.440. The minimum Gasteiger partial charge on any atom is -0.354 e. The number of nitrogens with zero attached hydrogens (tertiary/aromatic N) is 1. The Morgan fingerprint density at radius 2 is 1.81 bits per heavy atom. The zero-order chi connectivity index (χ0) is 23.5.